The molecule has 4 unspecified atom stereocenters. The number of carbonyl (C=O) groups is 7. The zero-order chi connectivity index (χ0) is 43.1. The second-order valence-electron chi connectivity index (χ2n) is 15.5. The van der Waals surface area contributed by atoms with Crippen molar-refractivity contribution in [3.8, 4) is 0 Å². The van der Waals surface area contributed by atoms with Crippen molar-refractivity contribution in [3.05, 3.63) is 66.2 Å². The van der Waals surface area contributed by atoms with Gasteiger partial charge < -0.3 is 36.6 Å². The lowest BCUT2D eigenvalue weighted by molar-refractivity contribution is -0.143. The summed E-state index contributed by atoms with van der Waals surface area (Å²) < 4.78 is 34.2. The topological polar surface area (TPSA) is 252 Å². The van der Waals surface area contributed by atoms with Gasteiger partial charge in [0.15, 0.2) is 0 Å². The van der Waals surface area contributed by atoms with Gasteiger partial charge in [-0.25, -0.2) is 17.9 Å². The van der Waals surface area contributed by atoms with E-state index in [4.69, 9.17) is 10.5 Å². The van der Waals surface area contributed by atoms with Gasteiger partial charge in [-0.05, 0) is 61.1 Å². The number of carbonyl (C=O) groups excluding carboxylic acids is 7. The lowest BCUT2D eigenvalue weighted by atomic mass is 9.83. The maximum atomic E-state index is 14.6. The maximum absolute atomic E-state index is 14.6. The predicted molar refractivity (Wildman–Crippen MR) is 216 cm³/mol. The van der Waals surface area contributed by atoms with E-state index in [9.17, 15) is 42.0 Å². The lowest BCUT2D eigenvalue weighted by Gasteiger charge is -2.34. The summed E-state index contributed by atoms with van der Waals surface area (Å²) in [4.78, 5) is 94.3. The molecule has 1 aliphatic carbocycles. The molecule has 1 saturated heterocycles. The van der Waals surface area contributed by atoms with Crippen molar-refractivity contribution in [1.82, 2.24) is 30.9 Å². The van der Waals surface area contributed by atoms with Crippen LogP contribution in [0.4, 0.5) is 4.79 Å². The molecule has 2 aromatic carbocycles. The van der Waals surface area contributed by atoms with Crippen molar-refractivity contribution in [3.63, 3.8) is 0 Å². The van der Waals surface area contributed by atoms with Gasteiger partial charge in [0.1, 0.15) is 18.1 Å². The summed E-state index contributed by atoms with van der Waals surface area (Å²) in [7, 11) is -3.94. The molecular formula is C41H57N7O10S. The van der Waals surface area contributed by atoms with Crippen LogP contribution >= 0.6 is 0 Å². The van der Waals surface area contributed by atoms with Crippen molar-refractivity contribution in [2.45, 2.75) is 101 Å². The van der Waals surface area contributed by atoms with Crippen LogP contribution in [-0.2, 0) is 43.5 Å². The molecule has 0 spiro atoms. The first-order valence-corrected chi connectivity index (χ1v) is 21.6. The van der Waals surface area contributed by atoms with Gasteiger partial charge in [0.05, 0.1) is 24.1 Å². The SMILES string of the molecule is CCCC(NC(=O)C1C[C@@H](CNS(=O)(=O)c2ccccc2)CN1C(=O)C(NC(=O)OCC(C)C)C1CCCCC1)C(=O)C(=O)NCC(=O)NC(C(N)=O)c1ccccc1. The van der Waals surface area contributed by atoms with Gasteiger partial charge in [-0.3, -0.25) is 28.8 Å². The zero-order valence-corrected chi connectivity index (χ0v) is 34.6. The van der Waals surface area contributed by atoms with Crippen molar-refractivity contribution in [1.29, 1.82) is 0 Å². The van der Waals surface area contributed by atoms with E-state index in [0.29, 0.717) is 24.8 Å². The summed E-state index contributed by atoms with van der Waals surface area (Å²) in [5, 5.41) is 10.1. The molecule has 59 heavy (non-hydrogen) atoms. The summed E-state index contributed by atoms with van der Waals surface area (Å²) in [5.41, 5.74) is 5.89. The number of nitrogens with two attached hydrogens (primary N) is 1. The number of primary amides is 1. The highest BCUT2D eigenvalue weighted by atomic mass is 32.2. The molecule has 2 aromatic rings. The Hall–Kier alpha value is -5.36. The summed E-state index contributed by atoms with van der Waals surface area (Å²) in [5.74, 6) is -5.87. The third-order valence-electron chi connectivity index (χ3n) is 10.4. The normalized spacial score (nSPS) is 18.5. The van der Waals surface area contributed by atoms with Crippen molar-refractivity contribution in [2.75, 3.05) is 26.2 Å². The quantitative estimate of drug-likeness (QED) is 0.106. The molecule has 7 N–H and O–H groups in total. The molecule has 0 radical (unpaired) electrons. The van der Waals surface area contributed by atoms with Crippen LogP contribution in [0.1, 0.15) is 83.7 Å². The number of nitrogens with zero attached hydrogens (tertiary/aromatic N) is 1. The molecule has 4 rings (SSSR count). The molecule has 17 nitrogen and oxygen atoms in total. The van der Waals surface area contributed by atoms with Crippen LogP contribution in [-0.4, -0.2) is 99.1 Å². The van der Waals surface area contributed by atoms with E-state index in [-0.39, 0.29) is 49.3 Å². The number of hydrogen-bond donors (Lipinski definition) is 6. The Morgan fingerprint density at radius 1 is 0.881 bits per heavy atom. The Labute approximate surface area is 345 Å². The third-order valence-corrected chi connectivity index (χ3v) is 11.8. The molecule has 18 heteroatoms. The molecule has 0 bridgehead atoms. The van der Waals surface area contributed by atoms with E-state index in [1.807, 2.05) is 13.8 Å². The Kier molecular flexibility index (Phi) is 17.4. The monoisotopic (exact) mass is 839 g/mol. The van der Waals surface area contributed by atoms with Crippen LogP contribution in [0.2, 0.25) is 0 Å². The highest BCUT2D eigenvalue weighted by Crippen LogP contribution is 2.31. The highest BCUT2D eigenvalue weighted by molar-refractivity contribution is 7.89. The van der Waals surface area contributed by atoms with E-state index in [0.717, 1.165) is 19.3 Å². The fraction of sp³-hybridized carbons (Fsp3) is 0.537. The molecule has 1 saturated carbocycles. The van der Waals surface area contributed by atoms with Gasteiger partial charge in [-0.1, -0.05) is 95.0 Å². The zero-order valence-electron chi connectivity index (χ0n) is 33.8. The maximum Gasteiger partial charge on any atom is 0.407 e. The van der Waals surface area contributed by atoms with E-state index in [1.165, 1.54) is 17.0 Å². The summed E-state index contributed by atoms with van der Waals surface area (Å²) in [6.07, 6.45) is 3.60. The second-order valence-corrected chi connectivity index (χ2v) is 17.3. The van der Waals surface area contributed by atoms with Crippen molar-refractivity contribution in [2.24, 2.45) is 23.5 Å². The van der Waals surface area contributed by atoms with Gasteiger partial charge in [-0.15, -0.1) is 0 Å². The minimum absolute atomic E-state index is 0.00587. The van der Waals surface area contributed by atoms with Crippen LogP contribution in [0.3, 0.4) is 0 Å². The van der Waals surface area contributed by atoms with Crippen molar-refractivity contribution >= 4 is 51.4 Å². The van der Waals surface area contributed by atoms with Gasteiger partial charge in [-0.2, -0.15) is 0 Å². The molecule has 0 aromatic heterocycles. The fourth-order valence-corrected chi connectivity index (χ4v) is 8.46. The van der Waals surface area contributed by atoms with E-state index in [1.54, 1.807) is 55.5 Å². The Bertz CT molecular complexity index is 1890. The number of likely N-dealkylation sites (tertiary alicyclic amines) is 1. The van der Waals surface area contributed by atoms with Gasteiger partial charge in [0.2, 0.25) is 39.4 Å². The van der Waals surface area contributed by atoms with Crippen LogP contribution in [0, 0.1) is 17.8 Å². The first-order valence-electron chi connectivity index (χ1n) is 20.2. The number of hydrogen-bond acceptors (Lipinski definition) is 10. The number of ketones is 1. The molecule has 2 aliphatic rings. The molecular weight excluding hydrogens is 783 g/mol. The number of nitrogens with one attached hydrogen (secondary N) is 5. The molecule has 5 atom stereocenters. The second kappa shape index (κ2) is 22.1. The summed E-state index contributed by atoms with van der Waals surface area (Å²) in [6, 6.07) is 11.2. The van der Waals surface area contributed by atoms with Crippen LogP contribution < -0.4 is 31.7 Å². The number of Topliss-reactive ketones (excluding diaryl/α,β-unsaturated/α-hetero) is 1. The first-order chi connectivity index (χ1) is 28.1. The number of alkyl carbamates (subject to hydrolysis) is 1. The molecule has 322 valence electrons. The van der Waals surface area contributed by atoms with Crippen LogP contribution in [0.25, 0.3) is 0 Å². The lowest BCUT2D eigenvalue weighted by Crippen LogP contribution is -2.58. The number of sulfonamides is 1. The van der Waals surface area contributed by atoms with Gasteiger partial charge in [0.25, 0.3) is 5.91 Å². The molecule has 1 aliphatic heterocycles. The number of amides is 6. The number of rotatable bonds is 20. The van der Waals surface area contributed by atoms with Gasteiger partial charge >= 0.3 is 6.09 Å². The number of ether oxygens (including phenoxy) is 1. The molecule has 6 amide bonds. The van der Waals surface area contributed by atoms with E-state index < -0.39 is 88.1 Å². The average molecular weight is 840 g/mol. The smallest absolute Gasteiger partial charge is 0.407 e. The largest absolute Gasteiger partial charge is 0.449 e. The number of benzene rings is 2. The minimum atomic E-state index is -3.94. The van der Waals surface area contributed by atoms with Crippen LogP contribution in [0.15, 0.2) is 65.6 Å². The Morgan fingerprint density at radius 3 is 2.14 bits per heavy atom. The summed E-state index contributed by atoms with van der Waals surface area (Å²) >= 11 is 0. The average Bonchev–Trinajstić information content (AvgIpc) is 3.67. The summed E-state index contributed by atoms with van der Waals surface area (Å²) in [6.45, 7) is 4.78. The fourth-order valence-electron chi connectivity index (χ4n) is 7.32. The van der Waals surface area contributed by atoms with Gasteiger partial charge in [0, 0.05) is 13.1 Å². The highest BCUT2D eigenvalue weighted by Gasteiger charge is 2.45. The predicted octanol–water partition coefficient (Wildman–Crippen LogP) is 1.83. The molecule has 2 fully saturated rings. The van der Waals surface area contributed by atoms with E-state index >= 15 is 0 Å². The minimum Gasteiger partial charge on any atom is -0.449 e. The first kappa shape index (κ1) is 46.3. The standard InChI is InChI=1S/C41H57N7O10S/c1-4-14-31(36(50)39(53)43-23-33(49)46-34(37(42)51)28-15-8-5-9-16-28)45-38(52)32-21-27(22-44-59(56,57)30-19-12-7-13-20-30)24-48(32)40(54)35(29-17-10-6-11-18-29)47-41(55)58-25-26(2)3/h5,7-9,12-13,15-16,19-20,26-27,29,31-32,34-35,44H,4,6,10-11,14,17-18,21-25H2,1-3H3,(H2,42,51)(H,43,53)(H,45,52)(H,46,49)(H,47,55)/t27-,31?,32?,34?,35?/m0/s1. The van der Waals surface area contributed by atoms with Crippen molar-refractivity contribution < 1.29 is 46.7 Å². The molecule has 1 heterocycles. The Balaban J connectivity index is 1.51. The van der Waals surface area contributed by atoms with Crippen LogP contribution in [0.5, 0.6) is 0 Å². The Morgan fingerprint density at radius 2 is 1.53 bits per heavy atom. The third kappa shape index (κ3) is 13.6. The van der Waals surface area contributed by atoms with E-state index in [2.05, 4.69) is 26.0 Å².